The highest BCUT2D eigenvalue weighted by Crippen LogP contribution is 2.22. The Morgan fingerprint density at radius 2 is 2.44 bits per heavy atom. The molecule has 0 spiro atoms. The third-order valence-electron chi connectivity index (χ3n) is 2.30. The summed E-state index contributed by atoms with van der Waals surface area (Å²) in [7, 11) is 0. The fraction of sp³-hybridized carbons (Fsp3) is 0.333. The minimum Gasteiger partial charge on any atom is -0.373 e. The number of hydrogen-bond donors (Lipinski definition) is 2. The van der Waals surface area contributed by atoms with E-state index in [1.165, 1.54) is 6.20 Å². The molecule has 1 aliphatic heterocycles. The lowest BCUT2D eigenvalue weighted by Crippen LogP contribution is -2.22. The van der Waals surface area contributed by atoms with Crippen LogP contribution in [0.1, 0.15) is 6.42 Å². The molecule has 0 aromatic carbocycles. The van der Waals surface area contributed by atoms with E-state index in [0.717, 1.165) is 0 Å². The van der Waals surface area contributed by atoms with Crippen LogP contribution in [0.4, 0.5) is 11.5 Å². The Labute approximate surface area is 91.0 Å². The molecule has 0 saturated carbocycles. The first-order chi connectivity index (χ1) is 7.66. The standard InChI is InChI=1S/C9H10N4O3/c14-8-4-6(5-11-8)12-7-2-1-3-10-9(7)13(15)16/h1-3,6,12H,4-5H2,(H,11,14). The Balaban J connectivity index is 2.14. The summed E-state index contributed by atoms with van der Waals surface area (Å²) in [5.41, 5.74) is 0.342. The Morgan fingerprint density at radius 3 is 3.06 bits per heavy atom. The highest BCUT2D eigenvalue weighted by molar-refractivity contribution is 5.80. The SMILES string of the molecule is O=C1CC(Nc2cccnc2[N+](=O)[O-])CN1. The number of nitro groups is 1. The molecule has 1 saturated heterocycles. The number of hydrogen-bond acceptors (Lipinski definition) is 5. The molecule has 2 N–H and O–H groups in total. The van der Waals surface area contributed by atoms with E-state index in [4.69, 9.17) is 0 Å². The zero-order chi connectivity index (χ0) is 11.5. The van der Waals surface area contributed by atoms with Crippen molar-refractivity contribution in [2.45, 2.75) is 12.5 Å². The molecule has 16 heavy (non-hydrogen) atoms. The summed E-state index contributed by atoms with van der Waals surface area (Å²) in [6.45, 7) is 0.477. The predicted molar refractivity (Wildman–Crippen MR) is 55.9 cm³/mol. The molecule has 1 amide bonds. The minimum absolute atomic E-state index is 0.0518. The molecule has 1 aliphatic rings. The van der Waals surface area contributed by atoms with Gasteiger partial charge in [-0.2, -0.15) is 0 Å². The van der Waals surface area contributed by atoms with Crippen LogP contribution in [0, 0.1) is 10.1 Å². The van der Waals surface area contributed by atoms with Crippen molar-refractivity contribution in [3.63, 3.8) is 0 Å². The predicted octanol–water partition coefficient (Wildman–Crippen LogP) is 0.290. The fourth-order valence-corrected chi connectivity index (χ4v) is 1.58. The van der Waals surface area contributed by atoms with Gasteiger partial charge in [0.1, 0.15) is 11.9 Å². The smallest absolute Gasteiger partial charge is 0.373 e. The molecule has 2 heterocycles. The summed E-state index contributed by atoms with van der Waals surface area (Å²) in [5, 5.41) is 16.3. The van der Waals surface area contributed by atoms with Gasteiger partial charge in [0.25, 0.3) is 0 Å². The topological polar surface area (TPSA) is 97.2 Å². The quantitative estimate of drug-likeness (QED) is 0.566. The molecule has 1 fully saturated rings. The summed E-state index contributed by atoms with van der Waals surface area (Å²) in [6, 6.07) is 3.07. The van der Waals surface area contributed by atoms with Gasteiger partial charge in [0.05, 0.1) is 6.04 Å². The van der Waals surface area contributed by atoms with Crippen LogP contribution >= 0.6 is 0 Å². The second-order valence-electron chi connectivity index (χ2n) is 3.48. The Bertz CT molecular complexity index is 435. The third kappa shape index (κ3) is 2.08. The number of amides is 1. The van der Waals surface area contributed by atoms with E-state index in [0.29, 0.717) is 18.7 Å². The van der Waals surface area contributed by atoms with Gasteiger partial charge in [-0.3, -0.25) is 4.79 Å². The number of anilines is 1. The van der Waals surface area contributed by atoms with Crippen LogP contribution < -0.4 is 10.6 Å². The van der Waals surface area contributed by atoms with Gasteiger partial charge >= 0.3 is 5.82 Å². The van der Waals surface area contributed by atoms with Crippen LogP contribution in [-0.4, -0.2) is 28.4 Å². The van der Waals surface area contributed by atoms with Crippen LogP contribution in [0.25, 0.3) is 0 Å². The Kier molecular flexibility index (Phi) is 2.67. The molecular weight excluding hydrogens is 212 g/mol. The van der Waals surface area contributed by atoms with Crippen molar-refractivity contribution in [2.24, 2.45) is 0 Å². The minimum atomic E-state index is -0.549. The number of aromatic nitrogens is 1. The van der Waals surface area contributed by atoms with Crippen LogP contribution in [0.15, 0.2) is 18.3 Å². The van der Waals surface area contributed by atoms with Crippen molar-refractivity contribution in [1.29, 1.82) is 0 Å². The molecular formula is C9H10N4O3. The molecule has 0 bridgehead atoms. The lowest BCUT2D eigenvalue weighted by molar-refractivity contribution is -0.388. The molecule has 0 aliphatic carbocycles. The van der Waals surface area contributed by atoms with Gasteiger partial charge in [0, 0.05) is 13.0 Å². The van der Waals surface area contributed by atoms with Crippen molar-refractivity contribution < 1.29 is 9.72 Å². The van der Waals surface area contributed by atoms with Gasteiger partial charge in [-0.15, -0.1) is 0 Å². The second-order valence-corrected chi connectivity index (χ2v) is 3.48. The molecule has 1 unspecified atom stereocenters. The highest BCUT2D eigenvalue weighted by atomic mass is 16.6. The first kappa shape index (κ1) is 10.3. The summed E-state index contributed by atoms with van der Waals surface area (Å²) in [4.78, 5) is 24.8. The average Bonchev–Trinajstić information content (AvgIpc) is 2.64. The molecule has 7 nitrogen and oxygen atoms in total. The van der Waals surface area contributed by atoms with Gasteiger partial charge in [-0.05, 0) is 22.0 Å². The molecule has 1 atom stereocenters. The summed E-state index contributed by atoms with van der Waals surface area (Å²) < 4.78 is 0. The second kappa shape index (κ2) is 4.13. The van der Waals surface area contributed by atoms with Crippen LogP contribution in [0.2, 0.25) is 0 Å². The van der Waals surface area contributed by atoms with Crippen molar-refractivity contribution in [2.75, 3.05) is 11.9 Å². The lowest BCUT2D eigenvalue weighted by Gasteiger charge is -2.10. The van der Waals surface area contributed by atoms with E-state index in [1.807, 2.05) is 0 Å². The average molecular weight is 222 g/mol. The zero-order valence-corrected chi connectivity index (χ0v) is 8.34. The van der Waals surface area contributed by atoms with Crippen LogP contribution in [0.5, 0.6) is 0 Å². The molecule has 1 aromatic rings. The van der Waals surface area contributed by atoms with Crippen molar-refractivity contribution in [3.8, 4) is 0 Å². The van der Waals surface area contributed by atoms with E-state index in [-0.39, 0.29) is 17.8 Å². The van der Waals surface area contributed by atoms with Gasteiger partial charge < -0.3 is 20.7 Å². The largest absolute Gasteiger partial charge is 0.386 e. The fourth-order valence-electron chi connectivity index (χ4n) is 1.58. The van der Waals surface area contributed by atoms with Crippen molar-refractivity contribution in [1.82, 2.24) is 10.3 Å². The first-order valence-electron chi connectivity index (χ1n) is 4.79. The maximum atomic E-state index is 11.0. The highest BCUT2D eigenvalue weighted by Gasteiger charge is 2.24. The van der Waals surface area contributed by atoms with E-state index in [9.17, 15) is 14.9 Å². The molecule has 2 rings (SSSR count). The Morgan fingerprint density at radius 1 is 1.62 bits per heavy atom. The number of carbonyl (C=O) groups is 1. The van der Waals surface area contributed by atoms with E-state index in [1.54, 1.807) is 12.1 Å². The normalized spacial score (nSPS) is 19.2. The molecule has 0 radical (unpaired) electrons. The first-order valence-corrected chi connectivity index (χ1v) is 4.79. The molecule has 1 aromatic heterocycles. The molecule has 7 heteroatoms. The molecule has 84 valence electrons. The monoisotopic (exact) mass is 222 g/mol. The zero-order valence-electron chi connectivity index (χ0n) is 8.34. The van der Waals surface area contributed by atoms with Crippen LogP contribution in [0.3, 0.4) is 0 Å². The van der Waals surface area contributed by atoms with Gasteiger partial charge in [-0.1, -0.05) is 0 Å². The maximum absolute atomic E-state index is 11.0. The van der Waals surface area contributed by atoms with Crippen molar-refractivity contribution >= 4 is 17.4 Å². The number of pyridine rings is 1. The van der Waals surface area contributed by atoms with Gasteiger partial charge in [0.15, 0.2) is 0 Å². The summed E-state index contributed by atoms with van der Waals surface area (Å²) in [6.07, 6.45) is 1.69. The number of rotatable bonds is 3. The van der Waals surface area contributed by atoms with E-state index < -0.39 is 4.92 Å². The Hall–Kier alpha value is -2.18. The van der Waals surface area contributed by atoms with E-state index in [2.05, 4.69) is 15.6 Å². The van der Waals surface area contributed by atoms with E-state index >= 15 is 0 Å². The number of carbonyl (C=O) groups excluding carboxylic acids is 1. The lowest BCUT2D eigenvalue weighted by atomic mass is 10.2. The van der Waals surface area contributed by atoms with Gasteiger partial charge in [0.2, 0.25) is 5.91 Å². The van der Waals surface area contributed by atoms with Crippen LogP contribution in [-0.2, 0) is 4.79 Å². The number of nitrogens with one attached hydrogen (secondary N) is 2. The van der Waals surface area contributed by atoms with Crippen molar-refractivity contribution in [3.05, 3.63) is 28.4 Å². The number of nitrogens with zero attached hydrogens (tertiary/aromatic N) is 2. The maximum Gasteiger partial charge on any atom is 0.386 e. The summed E-state index contributed by atoms with van der Waals surface area (Å²) in [5.74, 6) is -0.272. The summed E-state index contributed by atoms with van der Waals surface area (Å²) >= 11 is 0. The van der Waals surface area contributed by atoms with Gasteiger partial charge in [-0.25, -0.2) is 0 Å². The third-order valence-corrected chi connectivity index (χ3v) is 2.30.